The van der Waals surface area contributed by atoms with Crippen LogP contribution in [-0.2, 0) is 11.8 Å². The topological polar surface area (TPSA) is 70.7 Å². The number of hydrogen-bond acceptors (Lipinski definition) is 6. The highest BCUT2D eigenvalue weighted by Crippen LogP contribution is 2.42. The molecular formula is C24H23FN6OS. The van der Waals surface area contributed by atoms with Crippen molar-refractivity contribution in [3.8, 4) is 11.3 Å². The normalized spacial score (nSPS) is 16.1. The molecule has 1 saturated heterocycles. The maximum atomic E-state index is 15.2. The number of thiophene rings is 1. The summed E-state index contributed by atoms with van der Waals surface area (Å²) in [5, 5.41) is 10.4. The predicted molar refractivity (Wildman–Crippen MR) is 126 cm³/mol. The molecule has 1 aliphatic rings. The van der Waals surface area contributed by atoms with E-state index >= 15 is 4.39 Å². The number of aromatic nitrogens is 6. The Balaban J connectivity index is 1.65. The number of pyridine rings is 2. The number of hydrogen-bond donors (Lipinski definition) is 0. The Kier molecular flexibility index (Phi) is 4.95. The Bertz CT molecular complexity index is 1450. The van der Waals surface area contributed by atoms with Gasteiger partial charge in [0.05, 0.1) is 38.9 Å². The summed E-state index contributed by atoms with van der Waals surface area (Å²) in [7, 11) is 1.88. The highest BCUT2D eigenvalue weighted by molar-refractivity contribution is 7.18. The maximum absolute atomic E-state index is 15.2. The average Bonchev–Trinajstić information content (AvgIpc) is 3.51. The monoisotopic (exact) mass is 462 g/mol. The van der Waals surface area contributed by atoms with E-state index < -0.39 is 0 Å². The molecule has 0 spiro atoms. The molecule has 0 N–H and O–H groups in total. The van der Waals surface area contributed by atoms with Crippen molar-refractivity contribution in [2.45, 2.75) is 25.8 Å². The summed E-state index contributed by atoms with van der Waals surface area (Å²) in [5.74, 6) is -0.0828. The largest absolute Gasteiger partial charge is 0.381 e. The lowest BCUT2D eigenvalue weighted by Gasteiger charge is -2.32. The average molecular weight is 463 g/mol. The van der Waals surface area contributed by atoms with Gasteiger partial charge in [0.15, 0.2) is 0 Å². The van der Waals surface area contributed by atoms with Gasteiger partial charge in [-0.1, -0.05) is 5.21 Å². The van der Waals surface area contributed by atoms with Crippen molar-refractivity contribution >= 4 is 32.6 Å². The fourth-order valence-corrected chi connectivity index (χ4v) is 5.99. The summed E-state index contributed by atoms with van der Waals surface area (Å²) >= 11 is 1.66. The van der Waals surface area contributed by atoms with E-state index in [1.807, 2.05) is 20.2 Å². The number of nitrogens with zero attached hydrogens (tertiary/aromatic N) is 6. The molecule has 0 amide bonds. The van der Waals surface area contributed by atoms with Crippen molar-refractivity contribution in [2.75, 3.05) is 13.2 Å². The molecule has 0 aliphatic carbocycles. The maximum Gasteiger partial charge on any atom is 0.146 e. The van der Waals surface area contributed by atoms with Gasteiger partial charge in [-0.15, -0.1) is 16.4 Å². The van der Waals surface area contributed by atoms with Crippen LogP contribution in [0.1, 0.15) is 30.3 Å². The van der Waals surface area contributed by atoms with Gasteiger partial charge < -0.3 is 9.30 Å². The molecule has 0 radical (unpaired) electrons. The van der Waals surface area contributed by atoms with Crippen LogP contribution in [0.4, 0.5) is 4.39 Å². The van der Waals surface area contributed by atoms with Gasteiger partial charge in [-0.2, -0.15) is 0 Å². The molecule has 0 bridgehead atoms. The number of fused-ring (bicyclic) bond motifs is 3. The van der Waals surface area contributed by atoms with Crippen LogP contribution in [0.25, 0.3) is 32.5 Å². The molecule has 168 valence electrons. The molecule has 33 heavy (non-hydrogen) atoms. The second-order valence-corrected chi connectivity index (χ2v) is 9.42. The van der Waals surface area contributed by atoms with Crippen LogP contribution in [0, 0.1) is 18.7 Å². The van der Waals surface area contributed by atoms with E-state index in [0.29, 0.717) is 18.9 Å². The molecule has 9 heteroatoms. The fraction of sp³-hybridized carbons (Fsp3) is 0.333. The van der Waals surface area contributed by atoms with Crippen molar-refractivity contribution in [1.82, 2.24) is 29.5 Å². The van der Waals surface area contributed by atoms with Gasteiger partial charge in [-0.25, -0.2) is 9.07 Å². The number of aryl methyl sites for hydroxylation is 2. The van der Waals surface area contributed by atoms with Crippen molar-refractivity contribution in [1.29, 1.82) is 0 Å². The van der Waals surface area contributed by atoms with Gasteiger partial charge in [0.2, 0.25) is 0 Å². The lowest BCUT2D eigenvalue weighted by atomic mass is 9.88. The first-order valence-corrected chi connectivity index (χ1v) is 11.9. The molecular weight excluding hydrogens is 439 g/mol. The van der Waals surface area contributed by atoms with Gasteiger partial charge in [-0.05, 0) is 55.3 Å². The summed E-state index contributed by atoms with van der Waals surface area (Å²) in [6.07, 6.45) is 5.26. The van der Waals surface area contributed by atoms with E-state index in [0.717, 1.165) is 51.0 Å². The Labute approximate surface area is 193 Å². The molecule has 6 rings (SSSR count). The Hall–Kier alpha value is -3.17. The molecule has 1 aliphatic heterocycles. The summed E-state index contributed by atoms with van der Waals surface area (Å²) in [4.78, 5) is 9.40. The summed E-state index contributed by atoms with van der Waals surface area (Å²) in [6.45, 7) is 3.29. The third-order valence-electron chi connectivity index (χ3n) is 6.57. The van der Waals surface area contributed by atoms with Crippen LogP contribution < -0.4 is 0 Å². The molecule has 0 saturated carbocycles. The minimum Gasteiger partial charge on any atom is -0.381 e. The predicted octanol–water partition coefficient (Wildman–Crippen LogP) is 4.91. The van der Waals surface area contributed by atoms with E-state index in [2.05, 4.69) is 37.4 Å². The fourth-order valence-electron chi connectivity index (χ4n) is 5.10. The smallest absolute Gasteiger partial charge is 0.146 e. The van der Waals surface area contributed by atoms with Crippen molar-refractivity contribution in [3.63, 3.8) is 0 Å². The highest BCUT2D eigenvalue weighted by Gasteiger charge is 2.33. The SMILES string of the molecule is Cc1nnn(C)c1-c1cnc2c3sccc3n(C(c3ncccc3F)C3CCOCC3)c2c1. The number of ether oxygens (including phenoxy) is 1. The molecule has 6 heterocycles. The lowest BCUT2D eigenvalue weighted by Crippen LogP contribution is -2.28. The van der Waals surface area contributed by atoms with Gasteiger partial charge in [0.1, 0.15) is 11.3 Å². The van der Waals surface area contributed by atoms with E-state index in [-0.39, 0.29) is 17.8 Å². The Morgan fingerprint density at radius 1 is 1.18 bits per heavy atom. The van der Waals surface area contributed by atoms with Crippen molar-refractivity contribution in [2.24, 2.45) is 13.0 Å². The van der Waals surface area contributed by atoms with E-state index in [9.17, 15) is 0 Å². The summed E-state index contributed by atoms with van der Waals surface area (Å²) in [5.41, 5.74) is 6.12. The van der Waals surface area contributed by atoms with Crippen LogP contribution in [0.2, 0.25) is 0 Å². The van der Waals surface area contributed by atoms with E-state index in [1.165, 1.54) is 6.07 Å². The molecule has 5 aromatic rings. The van der Waals surface area contributed by atoms with Gasteiger partial charge >= 0.3 is 0 Å². The minimum atomic E-state index is -0.282. The van der Waals surface area contributed by atoms with Crippen LogP contribution in [-0.4, -0.2) is 42.7 Å². The van der Waals surface area contributed by atoms with Crippen LogP contribution in [0.3, 0.4) is 0 Å². The van der Waals surface area contributed by atoms with E-state index in [4.69, 9.17) is 9.72 Å². The zero-order chi connectivity index (χ0) is 22.5. The molecule has 1 atom stereocenters. The Morgan fingerprint density at radius 3 is 2.79 bits per heavy atom. The number of rotatable bonds is 4. The molecule has 1 fully saturated rings. The van der Waals surface area contributed by atoms with Gasteiger partial charge in [0, 0.05) is 38.2 Å². The minimum absolute atomic E-state index is 0.200. The summed E-state index contributed by atoms with van der Waals surface area (Å²) < 4.78 is 25.9. The second-order valence-electron chi connectivity index (χ2n) is 8.51. The third-order valence-corrected chi connectivity index (χ3v) is 7.48. The zero-order valence-corrected chi connectivity index (χ0v) is 19.2. The van der Waals surface area contributed by atoms with Crippen LogP contribution in [0.5, 0.6) is 0 Å². The van der Waals surface area contributed by atoms with Gasteiger partial charge in [-0.3, -0.25) is 9.97 Å². The molecule has 5 aromatic heterocycles. The summed E-state index contributed by atoms with van der Waals surface area (Å²) in [6, 6.07) is 7.12. The third kappa shape index (κ3) is 3.26. The molecule has 0 aromatic carbocycles. The first-order valence-electron chi connectivity index (χ1n) is 11.1. The lowest BCUT2D eigenvalue weighted by molar-refractivity contribution is 0.0543. The van der Waals surface area contributed by atoms with Crippen LogP contribution >= 0.6 is 11.3 Å². The van der Waals surface area contributed by atoms with Gasteiger partial charge in [0.25, 0.3) is 0 Å². The Morgan fingerprint density at radius 2 is 2.03 bits per heavy atom. The van der Waals surface area contributed by atoms with E-state index in [1.54, 1.807) is 28.3 Å². The molecule has 1 unspecified atom stereocenters. The first-order chi connectivity index (χ1) is 16.1. The zero-order valence-electron chi connectivity index (χ0n) is 18.4. The quantitative estimate of drug-likeness (QED) is 0.380. The van der Waals surface area contributed by atoms with Crippen molar-refractivity contribution in [3.05, 3.63) is 59.2 Å². The first kappa shape index (κ1) is 20.4. The molecule has 7 nitrogen and oxygen atoms in total. The number of halogens is 1. The van der Waals surface area contributed by atoms with Crippen LogP contribution in [0.15, 0.2) is 42.0 Å². The second kappa shape index (κ2) is 8.00. The standard InChI is InChI=1S/C24H23FN6OS/c1-14-22(30(2)29-28-14)16-12-19-21(27-13-16)24-18(7-11-33-24)31(19)23(15-5-9-32-10-6-15)20-17(25)4-3-8-26-20/h3-4,7-8,11-13,15,23H,5-6,9-10H2,1-2H3. The highest BCUT2D eigenvalue weighted by atomic mass is 32.1. The van der Waals surface area contributed by atoms with Crippen molar-refractivity contribution < 1.29 is 9.13 Å².